The molecule has 110 valence electrons. The second kappa shape index (κ2) is 5.69. The molecule has 0 aliphatic carbocycles. The van der Waals surface area contributed by atoms with Crippen molar-refractivity contribution in [2.45, 2.75) is 6.92 Å². The van der Waals surface area contributed by atoms with E-state index in [1.165, 1.54) is 4.80 Å². The molecular formula is C16H14N4O2. The Bertz CT molecular complexity index is 811. The van der Waals surface area contributed by atoms with Crippen molar-refractivity contribution < 1.29 is 10.1 Å². The molecule has 1 N–H and O–H groups in total. The predicted octanol–water partition coefficient (Wildman–Crippen LogP) is 2.37. The van der Waals surface area contributed by atoms with Crippen LogP contribution in [0.2, 0.25) is 0 Å². The molecule has 0 fully saturated rings. The fraction of sp³-hybridized carbons (Fsp3) is 0.0625. The SMILES string of the molecule is C/C(=N/O)c1c(-c2ccccc2)nn(-c2ccccc2)[n+]1[O-]. The van der Waals surface area contributed by atoms with Crippen LogP contribution < -0.4 is 4.85 Å². The van der Waals surface area contributed by atoms with Gasteiger partial charge in [-0.25, -0.2) is 0 Å². The highest BCUT2D eigenvalue weighted by Crippen LogP contribution is 2.20. The van der Waals surface area contributed by atoms with Crippen molar-refractivity contribution >= 4 is 5.71 Å². The standard InChI is InChI=1S/C16H14N4O2/c1-12(18-21)16-15(13-8-4-2-5-9-13)17-19(20(16)22)14-10-6-3-7-11-14/h2-11,21H,1H3/b18-12-. The minimum atomic E-state index is 0.205. The second-order valence-electron chi connectivity index (χ2n) is 4.75. The number of benzene rings is 2. The Kier molecular flexibility index (Phi) is 3.57. The van der Waals surface area contributed by atoms with Crippen molar-refractivity contribution in [2.24, 2.45) is 5.16 Å². The lowest BCUT2D eigenvalue weighted by atomic mass is 10.1. The van der Waals surface area contributed by atoms with Crippen LogP contribution in [0.1, 0.15) is 12.6 Å². The van der Waals surface area contributed by atoms with Gasteiger partial charge in [-0.1, -0.05) is 53.7 Å². The third-order valence-corrected chi connectivity index (χ3v) is 3.31. The third-order valence-electron chi connectivity index (χ3n) is 3.31. The van der Waals surface area contributed by atoms with Crippen LogP contribution in [0, 0.1) is 5.21 Å². The average Bonchev–Trinajstić information content (AvgIpc) is 2.93. The van der Waals surface area contributed by atoms with E-state index in [0.29, 0.717) is 16.2 Å². The first-order valence-electron chi connectivity index (χ1n) is 6.75. The van der Waals surface area contributed by atoms with Crippen molar-refractivity contribution in [3.8, 4) is 16.9 Å². The lowest BCUT2D eigenvalue weighted by Crippen LogP contribution is -2.41. The molecule has 6 nitrogen and oxygen atoms in total. The minimum absolute atomic E-state index is 0.205. The van der Waals surface area contributed by atoms with E-state index < -0.39 is 0 Å². The quantitative estimate of drug-likeness (QED) is 0.265. The van der Waals surface area contributed by atoms with E-state index in [1.807, 2.05) is 48.5 Å². The molecule has 0 aliphatic heterocycles. The van der Waals surface area contributed by atoms with Gasteiger partial charge in [-0.15, -0.1) is 4.85 Å². The first-order chi connectivity index (χ1) is 10.7. The third kappa shape index (κ3) is 2.31. The van der Waals surface area contributed by atoms with Crippen LogP contribution in [-0.4, -0.2) is 20.8 Å². The Morgan fingerprint density at radius 2 is 1.68 bits per heavy atom. The van der Waals surface area contributed by atoms with E-state index in [9.17, 15) is 5.21 Å². The molecule has 3 aromatic rings. The number of nitrogens with zero attached hydrogens (tertiary/aromatic N) is 4. The van der Waals surface area contributed by atoms with Crippen LogP contribution in [-0.2, 0) is 0 Å². The maximum absolute atomic E-state index is 12.6. The van der Waals surface area contributed by atoms with Gasteiger partial charge in [0.2, 0.25) is 5.69 Å². The maximum atomic E-state index is 12.6. The minimum Gasteiger partial charge on any atom is -0.692 e. The number of oxime groups is 1. The monoisotopic (exact) mass is 294 g/mol. The topological polar surface area (TPSA) is 77.4 Å². The maximum Gasteiger partial charge on any atom is 0.259 e. The number of hydrogen-bond donors (Lipinski definition) is 1. The van der Waals surface area contributed by atoms with Gasteiger partial charge in [0.1, 0.15) is 11.4 Å². The molecule has 0 saturated heterocycles. The Labute approximate surface area is 127 Å². The fourth-order valence-corrected chi connectivity index (χ4v) is 2.24. The summed E-state index contributed by atoms with van der Waals surface area (Å²) in [6.07, 6.45) is 0. The summed E-state index contributed by atoms with van der Waals surface area (Å²) >= 11 is 0. The normalized spacial score (nSPS) is 11.6. The first-order valence-corrected chi connectivity index (χ1v) is 6.75. The van der Waals surface area contributed by atoms with E-state index >= 15 is 0 Å². The number of para-hydroxylation sites is 1. The van der Waals surface area contributed by atoms with Gasteiger partial charge in [0.25, 0.3) is 5.69 Å². The lowest BCUT2D eigenvalue weighted by Gasteiger charge is -2.05. The molecule has 3 rings (SSSR count). The van der Waals surface area contributed by atoms with Crippen molar-refractivity contribution in [1.82, 2.24) is 9.90 Å². The summed E-state index contributed by atoms with van der Waals surface area (Å²) in [7, 11) is 0. The van der Waals surface area contributed by atoms with E-state index in [0.717, 1.165) is 5.56 Å². The summed E-state index contributed by atoms with van der Waals surface area (Å²) in [4.78, 5) is 1.87. The zero-order valence-corrected chi connectivity index (χ0v) is 11.9. The van der Waals surface area contributed by atoms with E-state index in [1.54, 1.807) is 19.1 Å². The number of aromatic nitrogens is 3. The van der Waals surface area contributed by atoms with Crippen molar-refractivity contribution in [3.63, 3.8) is 0 Å². The van der Waals surface area contributed by atoms with Gasteiger partial charge in [-0.3, -0.25) is 0 Å². The summed E-state index contributed by atoms with van der Waals surface area (Å²) in [5.74, 6) is 0. The summed E-state index contributed by atoms with van der Waals surface area (Å²) in [6.45, 7) is 1.56. The number of hydrogen-bond acceptors (Lipinski definition) is 4. The zero-order valence-electron chi connectivity index (χ0n) is 11.9. The van der Waals surface area contributed by atoms with Crippen LogP contribution >= 0.6 is 0 Å². The van der Waals surface area contributed by atoms with Gasteiger partial charge >= 0.3 is 0 Å². The molecule has 1 heterocycles. The molecule has 1 aromatic heterocycles. The molecular weight excluding hydrogens is 280 g/mol. The fourth-order valence-electron chi connectivity index (χ4n) is 2.24. The molecule has 0 unspecified atom stereocenters. The largest absolute Gasteiger partial charge is 0.692 e. The molecule has 0 bridgehead atoms. The highest BCUT2D eigenvalue weighted by molar-refractivity contribution is 6.00. The highest BCUT2D eigenvalue weighted by atomic mass is 16.5. The Morgan fingerprint density at radius 3 is 2.27 bits per heavy atom. The van der Waals surface area contributed by atoms with Crippen molar-refractivity contribution in [3.05, 3.63) is 71.6 Å². The number of rotatable bonds is 3. The van der Waals surface area contributed by atoms with Gasteiger partial charge in [0.05, 0.1) is 5.10 Å². The Morgan fingerprint density at radius 1 is 1.09 bits per heavy atom. The van der Waals surface area contributed by atoms with E-state index in [2.05, 4.69) is 10.3 Å². The molecule has 0 radical (unpaired) electrons. The second-order valence-corrected chi connectivity index (χ2v) is 4.75. The predicted molar refractivity (Wildman–Crippen MR) is 82.0 cm³/mol. The van der Waals surface area contributed by atoms with Crippen LogP contribution in [0.25, 0.3) is 16.9 Å². The van der Waals surface area contributed by atoms with Gasteiger partial charge in [0, 0.05) is 5.56 Å². The van der Waals surface area contributed by atoms with Crippen LogP contribution in [0.3, 0.4) is 0 Å². The van der Waals surface area contributed by atoms with Crippen molar-refractivity contribution in [2.75, 3.05) is 0 Å². The smallest absolute Gasteiger partial charge is 0.259 e. The first kappa shape index (κ1) is 13.8. The molecule has 0 saturated carbocycles. The average molecular weight is 294 g/mol. The van der Waals surface area contributed by atoms with Gasteiger partial charge < -0.3 is 10.4 Å². The molecule has 0 spiro atoms. The summed E-state index contributed by atoms with van der Waals surface area (Å²) in [5.41, 5.74) is 2.30. The Balaban J connectivity index is 2.26. The zero-order chi connectivity index (χ0) is 15.5. The molecule has 22 heavy (non-hydrogen) atoms. The molecule has 0 atom stereocenters. The molecule has 6 heteroatoms. The highest BCUT2D eigenvalue weighted by Gasteiger charge is 2.27. The summed E-state index contributed by atoms with van der Waals surface area (Å²) < 4.78 is 0. The van der Waals surface area contributed by atoms with Gasteiger partial charge in [0.15, 0.2) is 0 Å². The van der Waals surface area contributed by atoms with E-state index in [-0.39, 0.29) is 11.4 Å². The lowest BCUT2D eigenvalue weighted by molar-refractivity contribution is -0.689. The summed E-state index contributed by atoms with van der Waals surface area (Å²) in [5, 5.41) is 29.2. The molecule has 0 amide bonds. The Hall–Kier alpha value is -3.15. The molecule has 2 aromatic carbocycles. The van der Waals surface area contributed by atoms with Gasteiger partial charge in [-0.2, -0.15) is 0 Å². The van der Waals surface area contributed by atoms with E-state index in [4.69, 9.17) is 5.21 Å². The van der Waals surface area contributed by atoms with Crippen LogP contribution in [0.15, 0.2) is 65.8 Å². The summed E-state index contributed by atoms with van der Waals surface area (Å²) in [6, 6.07) is 18.4. The van der Waals surface area contributed by atoms with Crippen molar-refractivity contribution in [1.29, 1.82) is 0 Å². The van der Waals surface area contributed by atoms with Gasteiger partial charge in [-0.05, 0) is 23.9 Å². The van der Waals surface area contributed by atoms with Crippen LogP contribution in [0.5, 0.6) is 0 Å². The van der Waals surface area contributed by atoms with Crippen LogP contribution in [0.4, 0.5) is 0 Å². The molecule has 0 aliphatic rings.